The molecule has 0 unspecified atom stereocenters. The van der Waals surface area contributed by atoms with Gasteiger partial charge in [-0.15, -0.1) is 11.3 Å². The molecule has 4 rings (SSSR count). The Kier molecular flexibility index (Phi) is 7.79. The molecule has 3 heterocycles. The predicted octanol–water partition coefficient (Wildman–Crippen LogP) is 4.06. The van der Waals surface area contributed by atoms with Crippen molar-refractivity contribution >= 4 is 29.1 Å². The van der Waals surface area contributed by atoms with E-state index < -0.39 is 11.9 Å². The number of aryl methyl sites for hydroxylation is 1. The summed E-state index contributed by atoms with van der Waals surface area (Å²) in [6.07, 6.45) is 3.04. The van der Waals surface area contributed by atoms with Gasteiger partial charge in [-0.1, -0.05) is 35.9 Å². The average Bonchev–Trinajstić information content (AvgIpc) is 3.65. The maximum absolute atomic E-state index is 13.5. The number of amides is 3. The van der Waals surface area contributed by atoms with Gasteiger partial charge >= 0.3 is 0 Å². The third kappa shape index (κ3) is 6.27. The van der Waals surface area contributed by atoms with Crippen molar-refractivity contribution in [3.8, 4) is 0 Å². The monoisotopic (exact) mass is 491 g/mol. The van der Waals surface area contributed by atoms with Crippen molar-refractivity contribution in [2.45, 2.75) is 26.1 Å². The Labute approximate surface area is 206 Å². The Hall–Kier alpha value is -4.11. The number of nitrogens with zero attached hydrogens (tertiary/aromatic N) is 1. The normalized spacial score (nSPS) is 11.6. The summed E-state index contributed by atoms with van der Waals surface area (Å²) in [5.74, 6) is -0.0489. The zero-order valence-corrected chi connectivity index (χ0v) is 19.9. The van der Waals surface area contributed by atoms with Crippen molar-refractivity contribution in [2.75, 3.05) is 6.54 Å². The molecule has 0 aliphatic rings. The smallest absolute Gasteiger partial charge is 0.261 e. The van der Waals surface area contributed by atoms with Crippen LogP contribution in [0.25, 0.3) is 0 Å². The Balaban J connectivity index is 1.60. The molecule has 8 nitrogen and oxygen atoms in total. The highest BCUT2D eigenvalue weighted by Gasteiger charge is 2.32. The molecule has 0 spiro atoms. The molecular formula is C26H25N3O5S. The number of furan rings is 2. The van der Waals surface area contributed by atoms with Gasteiger partial charge in [0.15, 0.2) is 0 Å². The first-order chi connectivity index (χ1) is 17.0. The Bertz CT molecular complexity index is 1230. The van der Waals surface area contributed by atoms with E-state index in [1.807, 2.05) is 31.2 Å². The summed E-state index contributed by atoms with van der Waals surface area (Å²) in [6.45, 7) is 1.90. The number of nitrogens with one attached hydrogen (secondary N) is 2. The number of carbonyl (C=O) groups is 3. The minimum absolute atomic E-state index is 0.0490. The molecule has 0 aliphatic carbocycles. The lowest BCUT2D eigenvalue weighted by Crippen LogP contribution is -2.46. The minimum Gasteiger partial charge on any atom is -0.467 e. The van der Waals surface area contributed by atoms with Crippen LogP contribution in [0.4, 0.5) is 0 Å². The molecule has 2 N–H and O–H groups in total. The molecule has 3 aromatic heterocycles. The van der Waals surface area contributed by atoms with E-state index >= 15 is 0 Å². The van der Waals surface area contributed by atoms with Crippen molar-refractivity contribution in [2.24, 2.45) is 0 Å². The van der Waals surface area contributed by atoms with E-state index in [0.29, 0.717) is 22.0 Å². The quantitative estimate of drug-likeness (QED) is 0.348. The van der Waals surface area contributed by atoms with E-state index in [-0.39, 0.29) is 31.4 Å². The van der Waals surface area contributed by atoms with Crippen molar-refractivity contribution in [1.82, 2.24) is 15.5 Å². The lowest BCUT2D eigenvalue weighted by atomic mass is 10.0. The van der Waals surface area contributed by atoms with Crippen LogP contribution in [0.5, 0.6) is 0 Å². The molecule has 180 valence electrons. The first kappa shape index (κ1) is 24.0. The summed E-state index contributed by atoms with van der Waals surface area (Å²) >= 11 is 1.28. The van der Waals surface area contributed by atoms with Crippen LogP contribution in [0, 0.1) is 6.92 Å². The summed E-state index contributed by atoms with van der Waals surface area (Å²) in [6, 6.07) is 16.8. The lowest BCUT2D eigenvalue weighted by molar-refractivity contribution is -0.141. The molecule has 1 aromatic carbocycles. The van der Waals surface area contributed by atoms with Gasteiger partial charge < -0.3 is 24.4 Å². The fourth-order valence-electron chi connectivity index (χ4n) is 3.55. The van der Waals surface area contributed by atoms with Crippen molar-refractivity contribution in [3.63, 3.8) is 0 Å². The Morgan fingerprint density at radius 1 is 0.914 bits per heavy atom. The van der Waals surface area contributed by atoms with E-state index in [9.17, 15) is 14.4 Å². The van der Waals surface area contributed by atoms with E-state index in [4.69, 9.17) is 8.83 Å². The van der Waals surface area contributed by atoms with Crippen LogP contribution in [-0.4, -0.2) is 29.2 Å². The number of hydrogen-bond acceptors (Lipinski definition) is 6. The highest BCUT2D eigenvalue weighted by molar-refractivity contribution is 7.12. The predicted molar refractivity (Wildman–Crippen MR) is 130 cm³/mol. The topological polar surface area (TPSA) is 105 Å². The third-order valence-electron chi connectivity index (χ3n) is 5.34. The summed E-state index contributed by atoms with van der Waals surface area (Å²) in [5.41, 5.74) is 1.66. The van der Waals surface area contributed by atoms with E-state index in [1.165, 1.54) is 28.8 Å². The van der Waals surface area contributed by atoms with E-state index in [0.717, 1.165) is 5.56 Å². The SMILES string of the molecule is Cc1ccc([C@H](C(=O)NCc2ccco2)N(Cc2ccco2)C(=O)CNC(=O)c2cccs2)cc1. The van der Waals surface area contributed by atoms with Crippen LogP contribution < -0.4 is 10.6 Å². The standard InChI is InChI=1S/C26H25N3O5S/c1-18-8-10-19(11-9-18)24(26(32)27-15-20-5-2-12-33-20)29(17-21-6-3-13-34-21)23(30)16-28-25(31)22-7-4-14-35-22/h2-14,24H,15-17H2,1H3,(H,27,32)(H,28,31)/t24-/m1/s1. The van der Waals surface area contributed by atoms with Crippen LogP contribution in [-0.2, 0) is 22.7 Å². The molecule has 0 bridgehead atoms. The van der Waals surface area contributed by atoms with Gasteiger partial charge in [-0.25, -0.2) is 0 Å². The first-order valence-corrected chi connectivity index (χ1v) is 11.9. The average molecular weight is 492 g/mol. The third-order valence-corrected chi connectivity index (χ3v) is 6.21. The Morgan fingerprint density at radius 3 is 2.26 bits per heavy atom. The van der Waals surface area contributed by atoms with Gasteiger partial charge in [-0.05, 0) is 48.2 Å². The van der Waals surface area contributed by atoms with Gasteiger partial charge in [-0.2, -0.15) is 0 Å². The number of thiophene rings is 1. The molecule has 0 saturated carbocycles. The lowest BCUT2D eigenvalue weighted by Gasteiger charge is -2.31. The Morgan fingerprint density at radius 2 is 1.63 bits per heavy atom. The molecule has 1 atom stereocenters. The summed E-state index contributed by atoms with van der Waals surface area (Å²) in [4.78, 5) is 41.2. The second kappa shape index (κ2) is 11.3. The first-order valence-electron chi connectivity index (χ1n) is 11.0. The fraction of sp³-hybridized carbons (Fsp3) is 0.192. The molecule has 3 amide bonds. The van der Waals surface area contributed by atoms with E-state index in [2.05, 4.69) is 10.6 Å². The maximum atomic E-state index is 13.5. The second-order valence-corrected chi connectivity index (χ2v) is 8.82. The molecule has 0 saturated heterocycles. The van der Waals surface area contributed by atoms with Gasteiger partial charge in [0, 0.05) is 0 Å². The molecular weight excluding hydrogens is 466 g/mol. The van der Waals surface area contributed by atoms with Crippen LogP contribution in [0.2, 0.25) is 0 Å². The minimum atomic E-state index is -0.957. The molecule has 0 aliphatic heterocycles. The van der Waals surface area contributed by atoms with E-state index in [1.54, 1.807) is 41.8 Å². The van der Waals surface area contributed by atoms with Crippen molar-refractivity contribution in [3.05, 3.63) is 106 Å². The molecule has 0 fully saturated rings. The van der Waals surface area contributed by atoms with Gasteiger partial charge in [0.25, 0.3) is 5.91 Å². The van der Waals surface area contributed by atoms with Crippen molar-refractivity contribution in [1.29, 1.82) is 0 Å². The van der Waals surface area contributed by atoms with Crippen LogP contribution >= 0.6 is 11.3 Å². The van der Waals surface area contributed by atoms with Crippen LogP contribution in [0.15, 0.2) is 87.4 Å². The van der Waals surface area contributed by atoms with Crippen LogP contribution in [0.3, 0.4) is 0 Å². The maximum Gasteiger partial charge on any atom is 0.261 e. The number of hydrogen-bond donors (Lipinski definition) is 2. The van der Waals surface area contributed by atoms with Gasteiger partial charge in [-0.3, -0.25) is 14.4 Å². The van der Waals surface area contributed by atoms with Crippen molar-refractivity contribution < 1.29 is 23.2 Å². The van der Waals surface area contributed by atoms with Gasteiger partial charge in [0.1, 0.15) is 17.6 Å². The summed E-state index contributed by atoms with van der Waals surface area (Å²) < 4.78 is 10.8. The number of carbonyl (C=O) groups excluding carboxylic acids is 3. The fourth-order valence-corrected chi connectivity index (χ4v) is 4.19. The largest absolute Gasteiger partial charge is 0.467 e. The zero-order valence-electron chi connectivity index (χ0n) is 19.1. The highest BCUT2D eigenvalue weighted by atomic mass is 32.1. The zero-order chi connectivity index (χ0) is 24.6. The van der Waals surface area contributed by atoms with Gasteiger partial charge in [0.05, 0.1) is 37.0 Å². The highest BCUT2D eigenvalue weighted by Crippen LogP contribution is 2.25. The van der Waals surface area contributed by atoms with Crippen LogP contribution in [0.1, 0.15) is 38.4 Å². The molecule has 35 heavy (non-hydrogen) atoms. The molecule has 9 heteroatoms. The molecule has 0 radical (unpaired) electrons. The number of rotatable bonds is 10. The molecule has 4 aromatic rings. The second-order valence-electron chi connectivity index (χ2n) is 7.87. The summed E-state index contributed by atoms with van der Waals surface area (Å²) in [7, 11) is 0. The number of benzene rings is 1. The van der Waals surface area contributed by atoms with Gasteiger partial charge in [0.2, 0.25) is 11.8 Å². The summed E-state index contributed by atoms with van der Waals surface area (Å²) in [5, 5.41) is 7.30.